The summed E-state index contributed by atoms with van der Waals surface area (Å²) in [6.07, 6.45) is 1.47. The highest BCUT2D eigenvalue weighted by Gasteiger charge is 2.46. The summed E-state index contributed by atoms with van der Waals surface area (Å²) in [5.41, 5.74) is 0.857. The maximum Gasteiger partial charge on any atom is 0.296 e. The topological polar surface area (TPSA) is 89.2 Å². The number of ether oxygens (including phenoxy) is 2. The standard InChI is InChI=1S/C26H24FNO6/c1-4-33-20-10-9-16(13-21(20)32-3)23-22(24(29)17-8-7-15(2)19(27)12-17)25(30)26(31)28(23)14-18-6-5-11-34-18/h5-13,23,29H,4,14H2,1-3H3/b24-22-. The van der Waals surface area contributed by atoms with Gasteiger partial charge in [-0.3, -0.25) is 9.59 Å². The Morgan fingerprint density at radius 1 is 1.15 bits per heavy atom. The quantitative estimate of drug-likeness (QED) is 0.308. The molecule has 1 atom stereocenters. The summed E-state index contributed by atoms with van der Waals surface area (Å²) in [5, 5.41) is 11.1. The Balaban J connectivity index is 1.89. The molecule has 1 aromatic heterocycles. The number of likely N-dealkylation sites (tertiary alicyclic amines) is 1. The second-order valence-electron chi connectivity index (χ2n) is 7.81. The van der Waals surface area contributed by atoms with Gasteiger partial charge in [-0.1, -0.05) is 18.2 Å². The second kappa shape index (κ2) is 9.43. The average molecular weight is 465 g/mol. The third-order valence-corrected chi connectivity index (χ3v) is 5.69. The summed E-state index contributed by atoms with van der Waals surface area (Å²) in [5.74, 6) is -1.30. The molecule has 1 aliphatic heterocycles. The van der Waals surface area contributed by atoms with E-state index >= 15 is 0 Å². The second-order valence-corrected chi connectivity index (χ2v) is 7.81. The van der Waals surface area contributed by atoms with Crippen molar-refractivity contribution in [1.82, 2.24) is 4.90 Å². The van der Waals surface area contributed by atoms with Crippen LogP contribution in [0.2, 0.25) is 0 Å². The Bertz CT molecular complexity index is 1260. The van der Waals surface area contributed by atoms with Crippen LogP contribution in [0.5, 0.6) is 11.5 Å². The van der Waals surface area contributed by atoms with E-state index in [0.29, 0.717) is 35.0 Å². The van der Waals surface area contributed by atoms with E-state index in [9.17, 15) is 19.1 Å². The first kappa shape index (κ1) is 23.1. The van der Waals surface area contributed by atoms with E-state index in [1.807, 2.05) is 6.92 Å². The van der Waals surface area contributed by atoms with Crippen LogP contribution in [-0.4, -0.2) is 35.4 Å². The Hall–Kier alpha value is -4.07. The lowest BCUT2D eigenvalue weighted by Crippen LogP contribution is -2.29. The molecule has 2 heterocycles. The Morgan fingerprint density at radius 2 is 1.94 bits per heavy atom. The SMILES string of the molecule is CCOc1ccc(C2/C(=C(/O)c3ccc(C)c(F)c3)C(=O)C(=O)N2Cc2ccco2)cc1OC. The van der Waals surface area contributed by atoms with Gasteiger partial charge in [-0.2, -0.15) is 0 Å². The molecular formula is C26H24FNO6. The van der Waals surface area contributed by atoms with Crippen molar-refractivity contribution in [2.24, 2.45) is 0 Å². The molecule has 0 spiro atoms. The lowest BCUT2D eigenvalue weighted by molar-refractivity contribution is -0.140. The summed E-state index contributed by atoms with van der Waals surface area (Å²) in [6, 6.07) is 11.6. The van der Waals surface area contributed by atoms with Crippen LogP contribution in [0.4, 0.5) is 4.39 Å². The normalized spacial score (nSPS) is 17.3. The van der Waals surface area contributed by atoms with Crippen LogP contribution in [0.3, 0.4) is 0 Å². The molecule has 0 radical (unpaired) electrons. The number of rotatable bonds is 7. The molecule has 1 amide bonds. The molecule has 0 aliphatic carbocycles. The summed E-state index contributed by atoms with van der Waals surface area (Å²) in [7, 11) is 1.48. The Labute approximate surface area is 196 Å². The number of benzene rings is 2. The van der Waals surface area contributed by atoms with Crippen molar-refractivity contribution in [2.45, 2.75) is 26.4 Å². The van der Waals surface area contributed by atoms with Gasteiger partial charge in [-0.15, -0.1) is 0 Å². The number of furan rings is 1. The fraction of sp³-hybridized carbons (Fsp3) is 0.231. The van der Waals surface area contributed by atoms with Crippen LogP contribution in [-0.2, 0) is 16.1 Å². The molecule has 8 heteroatoms. The lowest BCUT2D eigenvalue weighted by atomic mass is 9.94. The van der Waals surface area contributed by atoms with E-state index in [0.717, 1.165) is 6.07 Å². The number of aliphatic hydroxyl groups is 1. The number of ketones is 1. The predicted octanol–water partition coefficient (Wildman–Crippen LogP) is 4.76. The van der Waals surface area contributed by atoms with Crippen molar-refractivity contribution in [3.8, 4) is 11.5 Å². The summed E-state index contributed by atoms with van der Waals surface area (Å²) >= 11 is 0. The summed E-state index contributed by atoms with van der Waals surface area (Å²) in [4.78, 5) is 27.5. The number of nitrogens with zero attached hydrogens (tertiary/aromatic N) is 1. The Morgan fingerprint density at radius 3 is 2.59 bits per heavy atom. The molecule has 1 unspecified atom stereocenters. The fourth-order valence-corrected chi connectivity index (χ4v) is 3.98. The minimum Gasteiger partial charge on any atom is -0.507 e. The highest BCUT2D eigenvalue weighted by atomic mass is 19.1. The van der Waals surface area contributed by atoms with E-state index in [2.05, 4.69) is 0 Å². The minimum atomic E-state index is -0.959. The number of carbonyl (C=O) groups is 2. The number of aryl methyl sites for hydroxylation is 1. The van der Waals surface area contributed by atoms with E-state index in [1.54, 1.807) is 37.3 Å². The van der Waals surface area contributed by atoms with Crippen molar-refractivity contribution in [3.63, 3.8) is 0 Å². The number of Topliss-reactive ketones (excluding diaryl/α,β-unsaturated/α-hetero) is 1. The number of halogens is 1. The summed E-state index contributed by atoms with van der Waals surface area (Å²) < 4.78 is 30.6. The molecule has 0 saturated carbocycles. The number of methoxy groups -OCH3 is 1. The first-order valence-electron chi connectivity index (χ1n) is 10.7. The zero-order chi connectivity index (χ0) is 24.4. The zero-order valence-corrected chi connectivity index (χ0v) is 19.0. The van der Waals surface area contributed by atoms with Gasteiger partial charge in [0.2, 0.25) is 0 Å². The molecule has 1 aliphatic rings. The van der Waals surface area contributed by atoms with E-state index in [-0.39, 0.29) is 17.7 Å². The van der Waals surface area contributed by atoms with Gasteiger partial charge >= 0.3 is 0 Å². The number of carbonyl (C=O) groups excluding carboxylic acids is 2. The number of hydrogen-bond acceptors (Lipinski definition) is 6. The molecule has 1 fully saturated rings. The molecule has 34 heavy (non-hydrogen) atoms. The largest absolute Gasteiger partial charge is 0.507 e. The predicted molar refractivity (Wildman–Crippen MR) is 122 cm³/mol. The van der Waals surface area contributed by atoms with Gasteiger partial charge < -0.3 is 23.9 Å². The maximum atomic E-state index is 14.2. The molecule has 0 bridgehead atoms. The molecule has 4 rings (SSSR count). The first-order chi connectivity index (χ1) is 16.3. The van der Waals surface area contributed by atoms with Crippen molar-refractivity contribution in [1.29, 1.82) is 0 Å². The monoisotopic (exact) mass is 465 g/mol. The van der Waals surface area contributed by atoms with Gasteiger partial charge in [0.05, 0.1) is 38.1 Å². The fourth-order valence-electron chi connectivity index (χ4n) is 3.98. The third-order valence-electron chi connectivity index (χ3n) is 5.69. The molecule has 3 aromatic rings. The highest BCUT2D eigenvalue weighted by molar-refractivity contribution is 6.46. The zero-order valence-electron chi connectivity index (χ0n) is 19.0. The van der Waals surface area contributed by atoms with Gasteiger partial charge in [-0.25, -0.2) is 4.39 Å². The molecule has 2 aromatic carbocycles. The van der Waals surface area contributed by atoms with Crippen molar-refractivity contribution in [2.75, 3.05) is 13.7 Å². The molecule has 1 saturated heterocycles. The van der Waals surface area contributed by atoms with E-state index in [1.165, 1.54) is 30.4 Å². The van der Waals surface area contributed by atoms with E-state index < -0.39 is 29.3 Å². The van der Waals surface area contributed by atoms with Gasteiger partial charge in [0.15, 0.2) is 11.5 Å². The van der Waals surface area contributed by atoms with Gasteiger partial charge in [-0.05, 0) is 55.3 Å². The average Bonchev–Trinajstić information content (AvgIpc) is 3.43. The number of aliphatic hydroxyl groups excluding tert-OH is 1. The molecular weight excluding hydrogens is 441 g/mol. The van der Waals surface area contributed by atoms with Crippen molar-refractivity contribution in [3.05, 3.63) is 88.6 Å². The van der Waals surface area contributed by atoms with Gasteiger partial charge in [0, 0.05) is 5.56 Å². The third kappa shape index (κ3) is 4.14. The van der Waals surface area contributed by atoms with Crippen molar-refractivity contribution >= 4 is 17.4 Å². The highest BCUT2D eigenvalue weighted by Crippen LogP contribution is 2.42. The smallest absolute Gasteiger partial charge is 0.296 e. The first-order valence-corrected chi connectivity index (χ1v) is 10.7. The van der Waals surface area contributed by atoms with E-state index in [4.69, 9.17) is 13.9 Å². The maximum absolute atomic E-state index is 14.2. The summed E-state index contributed by atoms with van der Waals surface area (Å²) in [6.45, 7) is 3.85. The van der Waals surface area contributed by atoms with Crippen LogP contribution >= 0.6 is 0 Å². The minimum absolute atomic E-state index is 0.00317. The number of amides is 1. The van der Waals surface area contributed by atoms with Crippen LogP contribution in [0.25, 0.3) is 5.76 Å². The molecule has 7 nitrogen and oxygen atoms in total. The van der Waals surface area contributed by atoms with Crippen LogP contribution in [0.1, 0.15) is 35.4 Å². The van der Waals surface area contributed by atoms with Crippen molar-refractivity contribution < 1.29 is 33.0 Å². The Kier molecular flexibility index (Phi) is 6.40. The van der Waals surface area contributed by atoms with Crippen LogP contribution in [0.15, 0.2) is 64.8 Å². The molecule has 1 N–H and O–H groups in total. The van der Waals surface area contributed by atoms with Gasteiger partial charge in [0.25, 0.3) is 11.7 Å². The van der Waals surface area contributed by atoms with Crippen LogP contribution < -0.4 is 9.47 Å². The van der Waals surface area contributed by atoms with Gasteiger partial charge in [0.1, 0.15) is 17.3 Å². The van der Waals surface area contributed by atoms with Crippen LogP contribution in [0, 0.1) is 12.7 Å². The lowest BCUT2D eigenvalue weighted by Gasteiger charge is -2.25. The number of hydrogen-bond donors (Lipinski definition) is 1. The molecule has 176 valence electrons.